The molecule has 0 aromatic heterocycles. The maximum absolute atomic E-state index is 9.41. The number of aromatic hydroxyl groups is 1. The molecule has 1 aromatic rings. The van der Waals surface area contributed by atoms with Gasteiger partial charge in [-0.1, -0.05) is 32.9 Å². The smallest absolute Gasteiger partial charge is 0.115 e. The fourth-order valence-electron chi connectivity index (χ4n) is 2.21. The molecular formula is C15H25NO2. The summed E-state index contributed by atoms with van der Waals surface area (Å²) in [6, 6.07) is 7.62. The zero-order valence-corrected chi connectivity index (χ0v) is 11.6. The van der Waals surface area contributed by atoms with Gasteiger partial charge in [0.05, 0.1) is 6.61 Å². The molecule has 0 saturated carbocycles. The van der Waals surface area contributed by atoms with Crippen molar-refractivity contribution >= 4 is 0 Å². The number of phenolic OH excluding ortho intramolecular Hbond substituents is 1. The molecule has 2 unspecified atom stereocenters. The first kappa shape index (κ1) is 15.0. The van der Waals surface area contributed by atoms with Crippen LogP contribution in [0, 0.1) is 5.92 Å². The molecule has 0 spiro atoms. The van der Waals surface area contributed by atoms with E-state index in [1.807, 2.05) is 12.1 Å². The molecule has 18 heavy (non-hydrogen) atoms. The first-order valence-electron chi connectivity index (χ1n) is 6.72. The molecule has 0 fully saturated rings. The van der Waals surface area contributed by atoms with E-state index in [2.05, 4.69) is 26.1 Å². The highest BCUT2D eigenvalue weighted by atomic mass is 16.3. The minimum absolute atomic E-state index is 0.128. The van der Waals surface area contributed by atoms with Gasteiger partial charge in [0.1, 0.15) is 5.75 Å². The summed E-state index contributed by atoms with van der Waals surface area (Å²) in [5.41, 5.74) is 1.15. The van der Waals surface area contributed by atoms with Crippen LogP contribution in [0.1, 0.15) is 45.2 Å². The molecule has 0 heterocycles. The van der Waals surface area contributed by atoms with Gasteiger partial charge in [-0.3, -0.25) is 0 Å². The Kier molecular flexibility index (Phi) is 6.16. The maximum Gasteiger partial charge on any atom is 0.115 e. The fraction of sp³-hybridized carbons (Fsp3) is 0.600. The van der Waals surface area contributed by atoms with Gasteiger partial charge < -0.3 is 15.5 Å². The number of hydrogen-bond donors (Lipinski definition) is 3. The number of hydrogen-bond acceptors (Lipinski definition) is 3. The molecular weight excluding hydrogens is 226 g/mol. The Labute approximate surface area is 110 Å². The highest BCUT2D eigenvalue weighted by molar-refractivity contribution is 5.28. The predicted molar refractivity (Wildman–Crippen MR) is 74.6 cm³/mol. The SMILES string of the molecule is CCC(NC(CO)CC(C)C)c1ccc(O)cc1. The second-order valence-corrected chi connectivity index (χ2v) is 5.23. The summed E-state index contributed by atoms with van der Waals surface area (Å²) in [6.45, 7) is 6.60. The summed E-state index contributed by atoms with van der Waals surface area (Å²) >= 11 is 0. The second-order valence-electron chi connectivity index (χ2n) is 5.23. The Bertz CT molecular complexity index is 335. The maximum atomic E-state index is 9.41. The number of phenols is 1. The van der Waals surface area contributed by atoms with Crippen molar-refractivity contribution in [1.82, 2.24) is 5.32 Å². The highest BCUT2D eigenvalue weighted by Crippen LogP contribution is 2.21. The van der Waals surface area contributed by atoms with Crippen LogP contribution < -0.4 is 5.32 Å². The molecule has 0 amide bonds. The van der Waals surface area contributed by atoms with Crippen molar-refractivity contribution in [1.29, 1.82) is 0 Å². The highest BCUT2D eigenvalue weighted by Gasteiger charge is 2.16. The van der Waals surface area contributed by atoms with Crippen molar-refractivity contribution in [3.05, 3.63) is 29.8 Å². The van der Waals surface area contributed by atoms with E-state index in [9.17, 15) is 10.2 Å². The van der Waals surface area contributed by atoms with E-state index >= 15 is 0 Å². The van der Waals surface area contributed by atoms with E-state index < -0.39 is 0 Å². The normalized spacial score (nSPS) is 14.7. The van der Waals surface area contributed by atoms with Crippen LogP contribution in [0.2, 0.25) is 0 Å². The third-order valence-electron chi connectivity index (χ3n) is 3.12. The largest absolute Gasteiger partial charge is 0.508 e. The number of nitrogens with one attached hydrogen (secondary N) is 1. The van der Waals surface area contributed by atoms with E-state index in [0.717, 1.165) is 18.4 Å². The van der Waals surface area contributed by atoms with Crippen LogP contribution in [0.5, 0.6) is 5.75 Å². The van der Waals surface area contributed by atoms with Crippen LogP contribution in [-0.4, -0.2) is 22.9 Å². The molecule has 2 atom stereocenters. The van der Waals surface area contributed by atoms with Gasteiger partial charge in [0.15, 0.2) is 0 Å². The molecule has 3 heteroatoms. The van der Waals surface area contributed by atoms with Gasteiger partial charge in [-0.25, -0.2) is 0 Å². The van der Waals surface area contributed by atoms with Crippen molar-refractivity contribution in [3.63, 3.8) is 0 Å². The Morgan fingerprint density at radius 3 is 2.22 bits per heavy atom. The summed E-state index contributed by atoms with van der Waals surface area (Å²) in [4.78, 5) is 0. The van der Waals surface area contributed by atoms with Gasteiger partial charge in [-0.15, -0.1) is 0 Å². The van der Waals surface area contributed by atoms with Crippen molar-refractivity contribution in [2.24, 2.45) is 5.92 Å². The zero-order chi connectivity index (χ0) is 13.5. The first-order valence-corrected chi connectivity index (χ1v) is 6.72. The minimum atomic E-state index is 0.128. The van der Waals surface area contributed by atoms with Gasteiger partial charge >= 0.3 is 0 Å². The summed E-state index contributed by atoms with van der Waals surface area (Å²) in [5, 5.41) is 22.2. The lowest BCUT2D eigenvalue weighted by molar-refractivity contribution is 0.211. The lowest BCUT2D eigenvalue weighted by Gasteiger charge is -2.25. The van der Waals surface area contributed by atoms with Gasteiger partial charge in [-0.2, -0.15) is 0 Å². The molecule has 0 aliphatic heterocycles. The molecule has 0 aliphatic carbocycles. The van der Waals surface area contributed by atoms with Crippen LogP contribution in [-0.2, 0) is 0 Å². The standard InChI is InChI=1S/C15H25NO2/c1-4-15(12-5-7-14(18)8-6-12)16-13(10-17)9-11(2)3/h5-8,11,13,15-18H,4,9-10H2,1-3H3. The molecule has 0 saturated heterocycles. The van der Waals surface area contributed by atoms with Gasteiger partial charge in [0, 0.05) is 12.1 Å². The average Bonchev–Trinajstić information content (AvgIpc) is 2.35. The van der Waals surface area contributed by atoms with E-state index in [1.54, 1.807) is 12.1 Å². The number of aliphatic hydroxyl groups excluding tert-OH is 1. The van der Waals surface area contributed by atoms with Crippen molar-refractivity contribution in [2.45, 2.75) is 45.7 Å². The molecule has 0 radical (unpaired) electrons. The lowest BCUT2D eigenvalue weighted by atomic mass is 9.99. The lowest BCUT2D eigenvalue weighted by Crippen LogP contribution is -2.36. The van der Waals surface area contributed by atoms with Crippen molar-refractivity contribution in [3.8, 4) is 5.75 Å². The molecule has 102 valence electrons. The molecule has 0 bridgehead atoms. The molecule has 0 aliphatic rings. The second kappa shape index (κ2) is 7.39. The molecule has 1 aromatic carbocycles. The number of rotatable bonds is 7. The summed E-state index contributed by atoms with van der Waals surface area (Å²) in [6.07, 6.45) is 1.92. The fourth-order valence-corrected chi connectivity index (χ4v) is 2.21. The first-order chi connectivity index (χ1) is 8.56. The number of benzene rings is 1. The molecule has 1 rings (SSSR count). The van der Waals surface area contributed by atoms with Crippen molar-refractivity contribution in [2.75, 3.05) is 6.61 Å². The third kappa shape index (κ3) is 4.67. The third-order valence-corrected chi connectivity index (χ3v) is 3.12. The quantitative estimate of drug-likeness (QED) is 0.698. The predicted octanol–water partition coefficient (Wildman–Crippen LogP) is 2.84. The Balaban J connectivity index is 2.68. The van der Waals surface area contributed by atoms with E-state index in [4.69, 9.17) is 0 Å². The van der Waals surface area contributed by atoms with Gasteiger partial charge in [0.2, 0.25) is 0 Å². The van der Waals surface area contributed by atoms with Crippen LogP contribution in [0.4, 0.5) is 0 Å². The minimum Gasteiger partial charge on any atom is -0.508 e. The van der Waals surface area contributed by atoms with Crippen LogP contribution in [0.25, 0.3) is 0 Å². The van der Waals surface area contributed by atoms with E-state index in [0.29, 0.717) is 5.92 Å². The summed E-state index contributed by atoms with van der Waals surface area (Å²) in [7, 11) is 0. The summed E-state index contributed by atoms with van der Waals surface area (Å²) < 4.78 is 0. The Hall–Kier alpha value is -1.06. The van der Waals surface area contributed by atoms with Crippen LogP contribution in [0.3, 0.4) is 0 Å². The van der Waals surface area contributed by atoms with Crippen LogP contribution in [0.15, 0.2) is 24.3 Å². The topological polar surface area (TPSA) is 52.5 Å². The Morgan fingerprint density at radius 2 is 1.78 bits per heavy atom. The zero-order valence-electron chi connectivity index (χ0n) is 11.6. The van der Waals surface area contributed by atoms with E-state index in [-0.39, 0.29) is 24.4 Å². The average molecular weight is 251 g/mol. The molecule has 3 N–H and O–H groups in total. The number of aliphatic hydroxyl groups is 1. The molecule has 3 nitrogen and oxygen atoms in total. The van der Waals surface area contributed by atoms with Crippen molar-refractivity contribution < 1.29 is 10.2 Å². The summed E-state index contributed by atoms with van der Waals surface area (Å²) in [5.74, 6) is 0.849. The van der Waals surface area contributed by atoms with Gasteiger partial charge in [0.25, 0.3) is 0 Å². The van der Waals surface area contributed by atoms with E-state index in [1.165, 1.54) is 0 Å². The van der Waals surface area contributed by atoms with Gasteiger partial charge in [-0.05, 0) is 36.5 Å². The van der Waals surface area contributed by atoms with Crippen LogP contribution >= 0.6 is 0 Å². The monoisotopic (exact) mass is 251 g/mol. The Morgan fingerprint density at radius 1 is 1.17 bits per heavy atom.